The largest absolute Gasteiger partial charge is 0.489 e. The molecule has 1 aromatic carbocycles. The topological polar surface area (TPSA) is 26.3 Å². The predicted octanol–water partition coefficient (Wildman–Crippen LogP) is 3.13. The fraction of sp³-hybridized carbons (Fsp3) is 0.364. The van der Waals surface area contributed by atoms with Crippen LogP contribution in [-0.4, -0.2) is 6.61 Å². The predicted molar refractivity (Wildman–Crippen MR) is 60.8 cm³/mol. The highest BCUT2D eigenvalue weighted by Crippen LogP contribution is 2.12. The molecule has 0 amide bonds. The van der Waals surface area contributed by atoms with Crippen LogP contribution in [0, 0.1) is 5.82 Å². The first-order valence-corrected chi connectivity index (χ1v) is 5.56. The van der Waals surface area contributed by atoms with Gasteiger partial charge in [0.15, 0.2) is 11.6 Å². The van der Waals surface area contributed by atoms with Gasteiger partial charge in [0.1, 0.15) is 0 Å². The van der Waals surface area contributed by atoms with E-state index in [9.17, 15) is 9.18 Å². The average molecular weight is 275 g/mol. The summed E-state index contributed by atoms with van der Waals surface area (Å²) in [6, 6.07) is 4.20. The number of hydrogen-bond acceptors (Lipinski definition) is 2. The Bertz CT molecular complexity index is 393. The van der Waals surface area contributed by atoms with Crippen molar-refractivity contribution >= 4 is 15.9 Å². The average Bonchev–Trinajstić information content (AvgIpc) is 2.31. The lowest BCUT2D eigenvalue weighted by Crippen LogP contribution is -2.09. The van der Waals surface area contributed by atoms with E-state index in [0.29, 0.717) is 11.1 Å². The molecule has 0 N–H and O–H groups in total. The maximum absolute atomic E-state index is 13.2. The van der Waals surface area contributed by atoms with E-state index in [1.807, 2.05) is 6.92 Å². The van der Waals surface area contributed by atoms with Crippen LogP contribution in [0.5, 0.6) is 5.75 Å². The van der Waals surface area contributed by atoms with Crippen molar-refractivity contribution < 1.29 is 9.13 Å². The maximum atomic E-state index is 13.2. The van der Waals surface area contributed by atoms with Crippen molar-refractivity contribution in [1.29, 1.82) is 0 Å². The number of halogens is 2. The van der Waals surface area contributed by atoms with Crippen molar-refractivity contribution in [1.82, 2.24) is 0 Å². The van der Waals surface area contributed by atoms with E-state index in [0.717, 1.165) is 18.9 Å². The molecular formula is C11H12BrFO2. The second-order valence-corrected chi connectivity index (χ2v) is 4.02. The van der Waals surface area contributed by atoms with Crippen molar-refractivity contribution in [2.75, 3.05) is 6.61 Å². The summed E-state index contributed by atoms with van der Waals surface area (Å²) in [5.41, 5.74) is -0.697. The Morgan fingerprint density at radius 3 is 2.87 bits per heavy atom. The molecule has 0 fully saturated rings. The summed E-state index contributed by atoms with van der Waals surface area (Å²) in [5.74, 6) is -0.745. The minimum atomic E-state index is -0.807. The third kappa shape index (κ3) is 3.63. The first-order chi connectivity index (χ1) is 7.15. The molecule has 0 heterocycles. The molecule has 0 aliphatic heterocycles. The minimum absolute atomic E-state index is 0.0617. The first kappa shape index (κ1) is 12.2. The van der Waals surface area contributed by atoms with Gasteiger partial charge in [0, 0.05) is 4.47 Å². The van der Waals surface area contributed by atoms with Crippen LogP contribution in [0.3, 0.4) is 0 Å². The van der Waals surface area contributed by atoms with Gasteiger partial charge in [-0.1, -0.05) is 29.3 Å². The van der Waals surface area contributed by atoms with E-state index in [1.54, 1.807) is 6.07 Å². The van der Waals surface area contributed by atoms with Crippen molar-refractivity contribution in [2.24, 2.45) is 0 Å². The van der Waals surface area contributed by atoms with E-state index >= 15 is 0 Å². The molecule has 0 saturated carbocycles. The highest BCUT2D eigenvalue weighted by atomic mass is 79.9. The zero-order valence-corrected chi connectivity index (χ0v) is 10.0. The number of unbranched alkanes of at least 4 members (excludes halogenated alkanes) is 1. The monoisotopic (exact) mass is 274 g/mol. The second-order valence-electron chi connectivity index (χ2n) is 3.11. The molecular weight excluding hydrogens is 263 g/mol. The van der Waals surface area contributed by atoms with E-state index in [-0.39, 0.29) is 5.75 Å². The van der Waals surface area contributed by atoms with Gasteiger partial charge in [-0.25, -0.2) is 4.39 Å². The van der Waals surface area contributed by atoms with Crippen LogP contribution in [0.15, 0.2) is 27.5 Å². The molecule has 0 radical (unpaired) electrons. The molecule has 0 bridgehead atoms. The van der Waals surface area contributed by atoms with Crippen molar-refractivity contribution in [3.63, 3.8) is 0 Å². The Morgan fingerprint density at radius 2 is 2.20 bits per heavy atom. The molecule has 0 atom stereocenters. The summed E-state index contributed by atoms with van der Waals surface area (Å²) in [6.45, 7) is 2.45. The summed E-state index contributed by atoms with van der Waals surface area (Å²) in [5, 5.41) is 0. The van der Waals surface area contributed by atoms with Gasteiger partial charge in [-0.3, -0.25) is 4.79 Å². The van der Waals surface area contributed by atoms with Gasteiger partial charge in [0.05, 0.1) is 6.61 Å². The van der Waals surface area contributed by atoms with Gasteiger partial charge in [-0.15, -0.1) is 0 Å². The minimum Gasteiger partial charge on any atom is -0.489 e. The van der Waals surface area contributed by atoms with Gasteiger partial charge >= 0.3 is 0 Å². The molecule has 1 rings (SSSR count). The summed E-state index contributed by atoms with van der Waals surface area (Å²) in [7, 11) is 0. The molecule has 0 aromatic heterocycles. The number of hydrogen-bond donors (Lipinski definition) is 0. The van der Waals surface area contributed by atoms with Gasteiger partial charge in [-0.05, 0) is 24.6 Å². The Labute approximate surface area is 96.2 Å². The van der Waals surface area contributed by atoms with Crippen LogP contribution in [0.4, 0.5) is 4.39 Å². The molecule has 2 nitrogen and oxygen atoms in total. The van der Waals surface area contributed by atoms with Crippen molar-refractivity contribution in [2.45, 2.75) is 19.8 Å². The van der Waals surface area contributed by atoms with E-state index in [2.05, 4.69) is 15.9 Å². The standard InChI is InChI=1S/C11H12BrFO2/c1-2-3-6-15-10-5-4-8(12)7-9(13)11(10)14/h4-5,7H,2-3,6H2,1H3. The van der Waals surface area contributed by atoms with Crippen LogP contribution in [0.1, 0.15) is 19.8 Å². The number of ether oxygens (including phenoxy) is 1. The highest BCUT2D eigenvalue weighted by Gasteiger charge is 2.04. The van der Waals surface area contributed by atoms with Crippen LogP contribution >= 0.6 is 15.9 Å². The van der Waals surface area contributed by atoms with Crippen molar-refractivity contribution in [3.05, 3.63) is 38.7 Å². The third-order valence-electron chi connectivity index (χ3n) is 1.85. The Balaban J connectivity index is 2.94. The molecule has 0 unspecified atom stereocenters. The zero-order chi connectivity index (χ0) is 11.3. The van der Waals surface area contributed by atoms with Crippen LogP contribution < -0.4 is 10.2 Å². The molecule has 0 aliphatic carbocycles. The SMILES string of the molecule is CCCCOc1ccc(Br)cc(F)c1=O. The summed E-state index contributed by atoms with van der Waals surface area (Å²) >= 11 is 3.11. The Hall–Kier alpha value is -0.900. The second kappa shape index (κ2) is 5.85. The summed E-state index contributed by atoms with van der Waals surface area (Å²) < 4.78 is 18.9. The molecule has 0 saturated heterocycles. The Morgan fingerprint density at radius 1 is 1.47 bits per heavy atom. The number of rotatable bonds is 4. The molecule has 0 spiro atoms. The normalized spacial score (nSPS) is 10.1. The zero-order valence-electron chi connectivity index (χ0n) is 8.43. The summed E-state index contributed by atoms with van der Waals surface area (Å²) in [6.07, 6.45) is 1.82. The lowest BCUT2D eigenvalue weighted by atomic mass is 10.3. The van der Waals surface area contributed by atoms with E-state index in [4.69, 9.17) is 4.74 Å². The van der Waals surface area contributed by atoms with E-state index < -0.39 is 11.2 Å². The van der Waals surface area contributed by atoms with Gasteiger partial charge in [0.25, 0.3) is 5.43 Å². The quantitative estimate of drug-likeness (QED) is 0.789. The van der Waals surface area contributed by atoms with Gasteiger partial charge in [-0.2, -0.15) is 0 Å². The van der Waals surface area contributed by atoms with Crippen LogP contribution in [-0.2, 0) is 0 Å². The Kier molecular flexibility index (Phi) is 4.75. The van der Waals surface area contributed by atoms with Gasteiger partial charge in [0.2, 0.25) is 0 Å². The van der Waals surface area contributed by atoms with Gasteiger partial charge < -0.3 is 4.74 Å². The lowest BCUT2D eigenvalue weighted by molar-refractivity contribution is 0.305. The summed E-state index contributed by atoms with van der Waals surface area (Å²) in [4.78, 5) is 11.4. The third-order valence-corrected chi connectivity index (χ3v) is 2.35. The highest BCUT2D eigenvalue weighted by molar-refractivity contribution is 9.10. The fourth-order valence-corrected chi connectivity index (χ4v) is 1.36. The lowest BCUT2D eigenvalue weighted by Gasteiger charge is -2.01. The molecule has 82 valence electrons. The van der Waals surface area contributed by atoms with Crippen LogP contribution in [0.2, 0.25) is 0 Å². The molecule has 4 heteroatoms. The smallest absolute Gasteiger partial charge is 0.255 e. The van der Waals surface area contributed by atoms with E-state index in [1.165, 1.54) is 6.07 Å². The van der Waals surface area contributed by atoms with Crippen LogP contribution in [0.25, 0.3) is 0 Å². The molecule has 15 heavy (non-hydrogen) atoms. The fourth-order valence-electron chi connectivity index (χ4n) is 1.02. The molecule has 1 aromatic rings. The first-order valence-electron chi connectivity index (χ1n) is 4.77. The van der Waals surface area contributed by atoms with Crippen molar-refractivity contribution in [3.8, 4) is 5.75 Å². The maximum Gasteiger partial charge on any atom is 0.255 e. The molecule has 0 aliphatic rings.